The number of rotatable bonds is 5. The molecule has 4 rings (SSSR count). The van der Waals surface area contributed by atoms with Gasteiger partial charge in [0.2, 0.25) is 5.91 Å². The lowest BCUT2D eigenvalue weighted by Crippen LogP contribution is -2.13. The van der Waals surface area contributed by atoms with Crippen LogP contribution in [0.15, 0.2) is 64.3 Å². The van der Waals surface area contributed by atoms with Gasteiger partial charge in [-0.25, -0.2) is 9.97 Å². The second-order valence-electron chi connectivity index (χ2n) is 5.19. The summed E-state index contributed by atoms with van der Waals surface area (Å²) in [5, 5.41) is 5.52. The second kappa shape index (κ2) is 7.35. The standard InChI is InChI=1S/C18H13N3OS3/c22-16(21-17-19-13-8-4-5-9-15(13)25-17)11-24-18-20-14(10-23-18)12-6-2-1-3-7-12/h1-10H,11H2,(H,19,21,22). The molecule has 0 aliphatic rings. The number of anilines is 1. The Bertz CT molecular complexity index is 978. The lowest BCUT2D eigenvalue weighted by Gasteiger charge is -1.99. The van der Waals surface area contributed by atoms with Crippen molar-refractivity contribution >= 4 is 55.7 Å². The summed E-state index contributed by atoms with van der Waals surface area (Å²) >= 11 is 4.48. The van der Waals surface area contributed by atoms with E-state index < -0.39 is 0 Å². The van der Waals surface area contributed by atoms with Gasteiger partial charge in [0.15, 0.2) is 9.47 Å². The predicted molar refractivity (Wildman–Crippen MR) is 107 cm³/mol. The molecule has 2 aromatic carbocycles. The van der Waals surface area contributed by atoms with Crippen molar-refractivity contribution in [2.24, 2.45) is 0 Å². The van der Waals surface area contributed by atoms with E-state index in [0.29, 0.717) is 10.9 Å². The van der Waals surface area contributed by atoms with Gasteiger partial charge in [-0.1, -0.05) is 65.6 Å². The maximum atomic E-state index is 12.2. The Kier molecular flexibility index (Phi) is 4.78. The number of carbonyl (C=O) groups is 1. The van der Waals surface area contributed by atoms with Crippen molar-refractivity contribution in [3.05, 3.63) is 60.0 Å². The minimum absolute atomic E-state index is 0.0690. The fraction of sp³-hybridized carbons (Fsp3) is 0.0556. The largest absolute Gasteiger partial charge is 0.301 e. The average molecular weight is 384 g/mol. The van der Waals surface area contributed by atoms with Gasteiger partial charge in [-0.15, -0.1) is 11.3 Å². The third-order valence-corrected chi connectivity index (χ3v) is 6.39. The van der Waals surface area contributed by atoms with Crippen molar-refractivity contribution in [2.45, 2.75) is 4.34 Å². The number of carbonyl (C=O) groups excluding carboxylic acids is 1. The minimum Gasteiger partial charge on any atom is -0.301 e. The molecule has 0 fully saturated rings. The third-order valence-electron chi connectivity index (χ3n) is 3.42. The fourth-order valence-corrected chi connectivity index (χ4v) is 4.79. The molecule has 0 aliphatic carbocycles. The summed E-state index contributed by atoms with van der Waals surface area (Å²) in [6.07, 6.45) is 0. The molecule has 7 heteroatoms. The van der Waals surface area contributed by atoms with Crippen LogP contribution in [-0.2, 0) is 4.79 Å². The molecule has 2 heterocycles. The van der Waals surface area contributed by atoms with Crippen LogP contribution in [0, 0.1) is 0 Å². The Morgan fingerprint density at radius 1 is 1.04 bits per heavy atom. The van der Waals surface area contributed by atoms with E-state index in [0.717, 1.165) is 25.8 Å². The lowest BCUT2D eigenvalue weighted by molar-refractivity contribution is -0.113. The monoisotopic (exact) mass is 383 g/mol. The van der Waals surface area contributed by atoms with Gasteiger partial charge >= 0.3 is 0 Å². The van der Waals surface area contributed by atoms with E-state index in [1.165, 1.54) is 23.1 Å². The van der Waals surface area contributed by atoms with Crippen LogP contribution in [0.1, 0.15) is 0 Å². The number of thiazole rings is 2. The highest BCUT2D eigenvalue weighted by atomic mass is 32.2. The van der Waals surface area contributed by atoms with Crippen molar-refractivity contribution in [2.75, 3.05) is 11.1 Å². The Labute approximate surface area is 157 Å². The number of benzene rings is 2. The zero-order chi connectivity index (χ0) is 17.1. The van der Waals surface area contributed by atoms with Crippen LogP contribution in [0.5, 0.6) is 0 Å². The molecule has 0 unspecified atom stereocenters. The molecule has 25 heavy (non-hydrogen) atoms. The number of thioether (sulfide) groups is 1. The summed E-state index contributed by atoms with van der Waals surface area (Å²) in [4.78, 5) is 21.1. The van der Waals surface area contributed by atoms with Crippen LogP contribution < -0.4 is 5.32 Å². The number of fused-ring (bicyclic) bond motifs is 1. The van der Waals surface area contributed by atoms with E-state index in [-0.39, 0.29) is 5.91 Å². The highest BCUT2D eigenvalue weighted by Gasteiger charge is 2.10. The van der Waals surface area contributed by atoms with Gasteiger partial charge in [-0.3, -0.25) is 4.79 Å². The topological polar surface area (TPSA) is 54.9 Å². The van der Waals surface area contributed by atoms with Gasteiger partial charge in [0, 0.05) is 10.9 Å². The molecule has 1 amide bonds. The van der Waals surface area contributed by atoms with Crippen LogP contribution in [0.2, 0.25) is 0 Å². The van der Waals surface area contributed by atoms with E-state index >= 15 is 0 Å². The first-order chi connectivity index (χ1) is 12.3. The maximum absolute atomic E-state index is 12.2. The molecule has 0 aliphatic heterocycles. The lowest BCUT2D eigenvalue weighted by atomic mass is 10.2. The van der Waals surface area contributed by atoms with Gasteiger partial charge in [0.1, 0.15) is 0 Å². The Balaban J connectivity index is 1.36. The molecule has 0 bridgehead atoms. The number of hydrogen-bond donors (Lipinski definition) is 1. The first-order valence-corrected chi connectivity index (χ1v) is 10.3. The summed E-state index contributed by atoms with van der Waals surface area (Å²) in [5.74, 6) is 0.248. The van der Waals surface area contributed by atoms with E-state index in [2.05, 4.69) is 15.3 Å². The zero-order valence-corrected chi connectivity index (χ0v) is 15.5. The number of nitrogens with zero attached hydrogens (tertiary/aromatic N) is 2. The molecular formula is C18H13N3OS3. The van der Waals surface area contributed by atoms with E-state index in [9.17, 15) is 4.79 Å². The van der Waals surface area contributed by atoms with E-state index in [4.69, 9.17) is 0 Å². The molecule has 0 atom stereocenters. The van der Waals surface area contributed by atoms with Gasteiger partial charge in [0.05, 0.1) is 21.7 Å². The van der Waals surface area contributed by atoms with E-state index in [1.807, 2.05) is 60.0 Å². The molecule has 2 aromatic heterocycles. The third kappa shape index (κ3) is 3.89. The Morgan fingerprint density at radius 2 is 1.84 bits per heavy atom. The number of hydrogen-bond acceptors (Lipinski definition) is 6. The van der Waals surface area contributed by atoms with Gasteiger partial charge in [-0.2, -0.15) is 0 Å². The normalized spacial score (nSPS) is 10.9. The van der Waals surface area contributed by atoms with Crippen molar-refractivity contribution in [3.63, 3.8) is 0 Å². The summed E-state index contributed by atoms with van der Waals surface area (Å²) < 4.78 is 1.95. The molecule has 0 saturated carbocycles. The molecule has 4 nitrogen and oxygen atoms in total. The molecule has 0 spiro atoms. The van der Waals surface area contributed by atoms with Crippen LogP contribution in [0.3, 0.4) is 0 Å². The predicted octanol–water partition coefficient (Wildman–Crippen LogP) is 5.15. The van der Waals surface area contributed by atoms with Crippen molar-refractivity contribution in [1.29, 1.82) is 0 Å². The molecular weight excluding hydrogens is 370 g/mol. The van der Waals surface area contributed by atoms with Crippen LogP contribution in [0.25, 0.3) is 21.5 Å². The summed E-state index contributed by atoms with van der Waals surface area (Å²) in [7, 11) is 0. The van der Waals surface area contributed by atoms with Crippen LogP contribution in [0.4, 0.5) is 5.13 Å². The average Bonchev–Trinajstić information content (AvgIpc) is 3.27. The highest BCUT2D eigenvalue weighted by Crippen LogP contribution is 2.29. The quantitative estimate of drug-likeness (QED) is 0.484. The van der Waals surface area contributed by atoms with Crippen LogP contribution >= 0.6 is 34.4 Å². The second-order valence-corrected chi connectivity index (χ2v) is 8.30. The van der Waals surface area contributed by atoms with Gasteiger partial charge in [-0.05, 0) is 12.1 Å². The number of para-hydroxylation sites is 1. The van der Waals surface area contributed by atoms with Gasteiger partial charge in [0.25, 0.3) is 0 Å². The minimum atomic E-state index is -0.0690. The van der Waals surface area contributed by atoms with Crippen molar-refractivity contribution < 1.29 is 4.79 Å². The molecule has 0 saturated heterocycles. The zero-order valence-electron chi connectivity index (χ0n) is 13.0. The molecule has 4 aromatic rings. The molecule has 0 radical (unpaired) electrons. The summed E-state index contributed by atoms with van der Waals surface area (Å²) in [6, 6.07) is 17.9. The highest BCUT2D eigenvalue weighted by molar-refractivity contribution is 8.01. The van der Waals surface area contributed by atoms with Gasteiger partial charge < -0.3 is 5.32 Å². The Morgan fingerprint density at radius 3 is 2.68 bits per heavy atom. The summed E-state index contributed by atoms with van der Waals surface area (Å²) in [6.45, 7) is 0. The first kappa shape index (κ1) is 16.3. The summed E-state index contributed by atoms with van der Waals surface area (Å²) in [5.41, 5.74) is 2.94. The number of amides is 1. The van der Waals surface area contributed by atoms with Crippen molar-refractivity contribution in [1.82, 2.24) is 9.97 Å². The SMILES string of the molecule is O=C(CSc1nc(-c2ccccc2)cs1)Nc1nc2ccccc2s1. The number of nitrogens with one attached hydrogen (secondary N) is 1. The van der Waals surface area contributed by atoms with Crippen molar-refractivity contribution in [3.8, 4) is 11.3 Å². The smallest absolute Gasteiger partial charge is 0.236 e. The number of aromatic nitrogens is 2. The molecule has 1 N–H and O–H groups in total. The van der Waals surface area contributed by atoms with Crippen LogP contribution in [-0.4, -0.2) is 21.6 Å². The molecule has 124 valence electrons. The first-order valence-electron chi connectivity index (χ1n) is 7.57. The maximum Gasteiger partial charge on any atom is 0.236 e. The Hall–Kier alpha value is -2.22. The fourth-order valence-electron chi connectivity index (χ4n) is 2.27. The van der Waals surface area contributed by atoms with E-state index in [1.54, 1.807) is 11.3 Å².